The minimum absolute atomic E-state index is 0.619. The Morgan fingerprint density at radius 2 is 2.50 bits per heavy atom. The highest BCUT2D eigenvalue weighted by Gasteiger charge is 2.27. The van der Waals surface area contributed by atoms with Crippen molar-refractivity contribution < 1.29 is 0 Å². The van der Waals surface area contributed by atoms with Gasteiger partial charge in [0.1, 0.15) is 0 Å². The van der Waals surface area contributed by atoms with Gasteiger partial charge < -0.3 is 4.90 Å². The van der Waals surface area contributed by atoms with Crippen LogP contribution in [0.3, 0.4) is 0 Å². The Labute approximate surface area is 85.7 Å². The summed E-state index contributed by atoms with van der Waals surface area (Å²) >= 11 is 6.76. The molecule has 0 N–H and O–H groups in total. The number of thioether (sulfide) groups is 1. The maximum absolute atomic E-state index is 5.44. The first-order chi connectivity index (χ1) is 5.77. The van der Waals surface area contributed by atoms with Gasteiger partial charge in [0.2, 0.25) is 0 Å². The van der Waals surface area contributed by atoms with E-state index in [2.05, 4.69) is 11.9 Å². The molecule has 1 rings (SSSR count). The Balaban J connectivity index is 2.30. The first-order valence-corrected chi connectivity index (χ1v) is 5.84. The van der Waals surface area contributed by atoms with E-state index in [-0.39, 0.29) is 0 Å². The molecule has 2 atom stereocenters. The average Bonchev–Trinajstić information content (AvgIpc) is 2.43. The third-order valence-electron chi connectivity index (χ3n) is 2.34. The zero-order valence-electron chi connectivity index (χ0n) is 7.40. The van der Waals surface area contributed by atoms with Gasteiger partial charge in [-0.3, -0.25) is 0 Å². The molecule has 4 heteroatoms. The van der Waals surface area contributed by atoms with E-state index in [0.717, 1.165) is 17.9 Å². The van der Waals surface area contributed by atoms with Crippen molar-refractivity contribution in [3.05, 3.63) is 0 Å². The van der Waals surface area contributed by atoms with Crippen molar-refractivity contribution in [1.82, 2.24) is 4.90 Å². The van der Waals surface area contributed by atoms with Crippen LogP contribution in [0.15, 0.2) is 0 Å². The summed E-state index contributed by atoms with van der Waals surface area (Å²) in [6.07, 6.45) is 1.22. The molecule has 0 aromatic heterocycles. The van der Waals surface area contributed by atoms with Gasteiger partial charge in [0.05, 0.1) is 7.85 Å². The van der Waals surface area contributed by atoms with Crippen LogP contribution in [0.4, 0.5) is 0 Å². The van der Waals surface area contributed by atoms with Gasteiger partial charge >= 0.3 is 0 Å². The van der Waals surface area contributed by atoms with E-state index in [1.807, 2.05) is 17.1 Å². The third-order valence-corrected chi connectivity index (χ3v) is 3.58. The van der Waals surface area contributed by atoms with Crippen molar-refractivity contribution in [2.24, 2.45) is 5.92 Å². The largest absolute Gasteiger partial charge is 0.302 e. The molecule has 0 aromatic rings. The van der Waals surface area contributed by atoms with E-state index in [4.69, 9.17) is 20.1 Å². The van der Waals surface area contributed by atoms with Crippen LogP contribution in [0.25, 0.3) is 0 Å². The van der Waals surface area contributed by atoms with Gasteiger partial charge in [0.25, 0.3) is 0 Å². The highest BCUT2D eigenvalue weighted by molar-refractivity contribution is 8.00. The lowest BCUT2D eigenvalue weighted by Crippen LogP contribution is -2.27. The van der Waals surface area contributed by atoms with Crippen LogP contribution in [-0.2, 0) is 0 Å². The van der Waals surface area contributed by atoms with Gasteiger partial charge in [-0.15, -0.1) is 0 Å². The highest BCUT2D eigenvalue weighted by Crippen LogP contribution is 2.22. The SMILES string of the molecule is [B]CSC[C@@H]1CC(C=S)CN1C. The molecule has 0 spiro atoms. The molecule has 0 saturated carbocycles. The Kier molecular flexibility index (Phi) is 4.61. The molecule has 0 aromatic carbocycles. The number of nitrogens with zero attached hydrogens (tertiary/aromatic N) is 1. The van der Waals surface area contributed by atoms with Crippen LogP contribution in [0.1, 0.15) is 6.42 Å². The Hall–Kier alpha value is 0.465. The number of likely N-dealkylation sites (tertiary alicyclic amines) is 1. The molecule has 0 amide bonds. The van der Waals surface area contributed by atoms with Gasteiger partial charge in [-0.1, -0.05) is 12.2 Å². The lowest BCUT2D eigenvalue weighted by atomic mass is 10.1. The molecule has 1 fully saturated rings. The molecule has 0 aliphatic carbocycles. The molecule has 1 nitrogen and oxygen atoms in total. The van der Waals surface area contributed by atoms with E-state index in [1.54, 1.807) is 0 Å². The molecule has 66 valence electrons. The van der Waals surface area contributed by atoms with E-state index >= 15 is 0 Å². The molecule has 1 unspecified atom stereocenters. The summed E-state index contributed by atoms with van der Waals surface area (Å²) in [7, 11) is 7.60. The van der Waals surface area contributed by atoms with Gasteiger partial charge in [-0.25, -0.2) is 0 Å². The fraction of sp³-hybridized carbons (Fsp3) is 0.875. The van der Waals surface area contributed by atoms with Gasteiger partial charge in [0.15, 0.2) is 0 Å². The zero-order valence-corrected chi connectivity index (χ0v) is 9.03. The number of thiocarbonyl (C=S) groups is 1. The van der Waals surface area contributed by atoms with Crippen molar-refractivity contribution in [2.75, 3.05) is 25.0 Å². The predicted octanol–water partition coefficient (Wildman–Crippen LogP) is 1.17. The summed E-state index contributed by atoms with van der Waals surface area (Å²) in [4.78, 5) is 2.39. The van der Waals surface area contributed by atoms with Gasteiger partial charge in [-0.05, 0) is 24.5 Å². The van der Waals surface area contributed by atoms with E-state index in [0.29, 0.717) is 12.0 Å². The summed E-state index contributed by atoms with van der Waals surface area (Å²) in [5, 5.41) is 1.91. The van der Waals surface area contributed by atoms with E-state index in [1.165, 1.54) is 6.42 Å². The maximum atomic E-state index is 5.44. The van der Waals surface area contributed by atoms with Crippen LogP contribution in [0.2, 0.25) is 0 Å². The lowest BCUT2D eigenvalue weighted by molar-refractivity contribution is 0.333. The van der Waals surface area contributed by atoms with E-state index in [9.17, 15) is 0 Å². The Bertz CT molecular complexity index is 154. The van der Waals surface area contributed by atoms with Crippen molar-refractivity contribution in [3.8, 4) is 0 Å². The first-order valence-electron chi connectivity index (χ1n) is 4.21. The van der Waals surface area contributed by atoms with Crippen LogP contribution in [0.5, 0.6) is 0 Å². The number of hydrogen-bond donors (Lipinski definition) is 0. The van der Waals surface area contributed by atoms with Crippen LogP contribution in [0, 0.1) is 5.92 Å². The molecule has 1 saturated heterocycles. The third kappa shape index (κ3) is 2.75. The topological polar surface area (TPSA) is 3.24 Å². The fourth-order valence-electron chi connectivity index (χ4n) is 1.62. The summed E-state index contributed by atoms with van der Waals surface area (Å²) in [5.41, 5.74) is 0.729. The second-order valence-corrected chi connectivity index (χ2v) is 4.61. The average molecular weight is 199 g/mol. The Morgan fingerprint density at radius 3 is 3.00 bits per heavy atom. The molecule has 2 radical (unpaired) electrons. The summed E-state index contributed by atoms with van der Waals surface area (Å²) in [6.45, 7) is 1.12. The second-order valence-electron chi connectivity index (χ2n) is 3.26. The molecule has 1 heterocycles. The smallest absolute Gasteiger partial charge is 0.0799 e. The molecule has 12 heavy (non-hydrogen) atoms. The predicted molar refractivity (Wildman–Crippen MR) is 61.3 cm³/mol. The summed E-state index contributed by atoms with van der Waals surface area (Å²) < 4.78 is 0. The van der Waals surface area contributed by atoms with Crippen LogP contribution < -0.4 is 0 Å². The van der Waals surface area contributed by atoms with Crippen LogP contribution >= 0.6 is 24.0 Å². The monoisotopic (exact) mass is 199 g/mol. The summed E-state index contributed by atoms with van der Waals surface area (Å²) in [6, 6.07) is 0.683. The number of rotatable bonds is 4. The molecular formula is C8H14BNS2. The van der Waals surface area contributed by atoms with E-state index < -0.39 is 0 Å². The maximum Gasteiger partial charge on any atom is 0.0799 e. The quantitative estimate of drug-likeness (QED) is 0.494. The highest BCUT2D eigenvalue weighted by atomic mass is 32.2. The zero-order chi connectivity index (χ0) is 8.97. The van der Waals surface area contributed by atoms with Gasteiger partial charge in [0, 0.05) is 24.3 Å². The molecule has 0 bridgehead atoms. The summed E-state index contributed by atoms with van der Waals surface area (Å²) in [5.74, 6) is 1.76. The van der Waals surface area contributed by atoms with Crippen molar-refractivity contribution in [1.29, 1.82) is 0 Å². The minimum Gasteiger partial charge on any atom is -0.302 e. The fourth-order valence-corrected chi connectivity index (χ4v) is 2.62. The number of hydrogen-bond acceptors (Lipinski definition) is 3. The Morgan fingerprint density at radius 1 is 1.75 bits per heavy atom. The molecular weight excluding hydrogens is 185 g/mol. The standard InChI is InChI=1S/C8H14BNS2/c1-10-3-7(4-11)2-8(10)5-12-6-9/h4,7-8H,2-3,5-6H2,1H3/t7?,8-/m0/s1. The van der Waals surface area contributed by atoms with Crippen LogP contribution in [-0.4, -0.2) is 49.2 Å². The first kappa shape index (κ1) is 10.5. The molecule has 1 aliphatic rings. The van der Waals surface area contributed by atoms with Crippen molar-refractivity contribution in [2.45, 2.75) is 12.5 Å². The van der Waals surface area contributed by atoms with Gasteiger partial charge in [-0.2, -0.15) is 11.8 Å². The van der Waals surface area contributed by atoms with Crippen molar-refractivity contribution >= 4 is 37.2 Å². The molecule has 1 aliphatic heterocycles. The van der Waals surface area contributed by atoms with Crippen molar-refractivity contribution in [3.63, 3.8) is 0 Å². The second kappa shape index (κ2) is 5.25. The normalized spacial score (nSPS) is 30.8. The minimum atomic E-state index is 0.619. The lowest BCUT2D eigenvalue weighted by Gasteiger charge is -2.17.